The van der Waals surface area contributed by atoms with Crippen molar-refractivity contribution in [3.8, 4) is 5.69 Å². The number of imidazole rings is 1. The van der Waals surface area contributed by atoms with Crippen LogP contribution in [0.5, 0.6) is 0 Å². The van der Waals surface area contributed by atoms with E-state index in [1.165, 1.54) is 5.39 Å². The van der Waals surface area contributed by atoms with Crippen LogP contribution in [-0.4, -0.2) is 14.5 Å². The number of fused-ring (bicyclic) bond motifs is 2. The van der Waals surface area contributed by atoms with E-state index >= 15 is 0 Å². The molecule has 2 aromatic heterocycles. The fraction of sp³-hybridized carbons (Fsp3) is 0. The predicted octanol–water partition coefficient (Wildman–Crippen LogP) is 4.16. The van der Waals surface area contributed by atoms with Gasteiger partial charge in [-0.3, -0.25) is 4.57 Å². The van der Waals surface area contributed by atoms with Crippen molar-refractivity contribution in [3.63, 3.8) is 0 Å². The number of aromatic amines is 1. The molecule has 4 rings (SSSR count). The lowest BCUT2D eigenvalue weighted by Gasteiger charge is -2.04. The van der Waals surface area contributed by atoms with Gasteiger partial charge in [-0.25, -0.2) is 4.98 Å². The number of benzene rings is 2. The Morgan fingerprint density at radius 2 is 2.00 bits per heavy atom. The summed E-state index contributed by atoms with van der Waals surface area (Å²) < 4.78 is 2.07. The minimum absolute atomic E-state index is 0.707. The predicted molar refractivity (Wildman–Crippen MR) is 77.9 cm³/mol. The zero-order chi connectivity index (χ0) is 12.8. The lowest BCUT2D eigenvalue weighted by Crippen LogP contribution is -1.91. The third kappa shape index (κ3) is 1.63. The lowest BCUT2D eigenvalue weighted by molar-refractivity contribution is 1.10. The molecule has 92 valence electrons. The van der Waals surface area contributed by atoms with Crippen molar-refractivity contribution < 1.29 is 0 Å². The van der Waals surface area contributed by atoms with Gasteiger partial charge in [0.25, 0.3) is 0 Å². The minimum Gasteiger partial charge on any atom is -0.361 e. The van der Waals surface area contributed by atoms with Crippen molar-refractivity contribution in [1.29, 1.82) is 0 Å². The molecule has 0 fully saturated rings. The molecule has 0 aliphatic rings. The molecule has 19 heavy (non-hydrogen) atoms. The van der Waals surface area contributed by atoms with Crippen LogP contribution in [0.25, 0.3) is 27.6 Å². The summed E-state index contributed by atoms with van der Waals surface area (Å²) in [6.45, 7) is 0. The molecule has 0 amide bonds. The minimum atomic E-state index is 0.707. The second kappa shape index (κ2) is 3.87. The topological polar surface area (TPSA) is 33.6 Å². The molecule has 1 N–H and O–H groups in total. The van der Waals surface area contributed by atoms with Crippen LogP contribution >= 0.6 is 11.6 Å². The first-order valence-corrected chi connectivity index (χ1v) is 6.39. The first-order chi connectivity index (χ1) is 9.31. The van der Waals surface area contributed by atoms with Gasteiger partial charge >= 0.3 is 0 Å². The molecule has 0 spiro atoms. The number of hydrogen-bond acceptors (Lipinski definition) is 1. The number of nitrogens with one attached hydrogen (secondary N) is 1. The molecule has 0 radical (unpaired) electrons. The second-order valence-corrected chi connectivity index (χ2v) is 4.93. The van der Waals surface area contributed by atoms with Crippen LogP contribution in [0.1, 0.15) is 0 Å². The molecule has 0 saturated heterocycles. The van der Waals surface area contributed by atoms with Crippen molar-refractivity contribution >= 4 is 33.5 Å². The average molecular weight is 268 g/mol. The van der Waals surface area contributed by atoms with Crippen LogP contribution in [-0.2, 0) is 0 Å². The molecule has 0 atom stereocenters. The highest BCUT2D eigenvalue weighted by atomic mass is 35.5. The third-order valence-electron chi connectivity index (χ3n) is 3.32. The van der Waals surface area contributed by atoms with Gasteiger partial charge in [0, 0.05) is 27.8 Å². The summed E-state index contributed by atoms with van der Waals surface area (Å²) in [5.41, 5.74) is 4.19. The highest BCUT2D eigenvalue weighted by Gasteiger charge is 2.06. The molecule has 0 bridgehead atoms. The Bertz CT molecular complexity index is 889. The Morgan fingerprint density at radius 3 is 2.95 bits per heavy atom. The standard InChI is InChI=1S/C15H10ClN3/c16-11-1-4-15-14(8-11)18-9-19(15)12-2-3-13-10(7-12)5-6-17-13/h1-9,17H. The fourth-order valence-corrected chi connectivity index (χ4v) is 2.55. The van der Waals surface area contributed by atoms with E-state index in [0.29, 0.717) is 5.02 Å². The van der Waals surface area contributed by atoms with Crippen LogP contribution in [0.3, 0.4) is 0 Å². The fourth-order valence-electron chi connectivity index (χ4n) is 2.38. The van der Waals surface area contributed by atoms with Gasteiger partial charge in [0.2, 0.25) is 0 Å². The summed E-state index contributed by atoms with van der Waals surface area (Å²) >= 11 is 5.98. The van der Waals surface area contributed by atoms with Crippen LogP contribution in [0.15, 0.2) is 55.0 Å². The van der Waals surface area contributed by atoms with Gasteiger partial charge < -0.3 is 4.98 Å². The van der Waals surface area contributed by atoms with Gasteiger partial charge in [-0.1, -0.05) is 11.6 Å². The molecule has 3 nitrogen and oxygen atoms in total. The summed E-state index contributed by atoms with van der Waals surface area (Å²) in [6, 6.07) is 14.1. The van der Waals surface area contributed by atoms with E-state index in [0.717, 1.165) is 22.2 Å². The van der Waals surface area contributed by atoms with Gasteiger partial charge in [-0.2, -0.15) is 0 Å². The Morgan fingerprint density at radius 1 is 1.05 bits per heavy atom. The van der Waals surface area contributed by atoms with Crippen molar-refractivity contribution in [2.24, 2.45) is 0 Å². The second-order valence-electron chi connectivity index (χ2n) is 4.50. The largest absolute Gasteiger partial charge is 0.361 e. The molecule has 2 heterocycles. The van der Waals surface area contributed by atoms with Crippen molar-refractivity contribution in [3.05, 3.63) is 60.0 Å². The number of rotatable bonds is 1. The lowest BCUT2D eigenvalue weighted by atomic mass is 10.2. The smallest absolute Gasteiger partial charge is 0.100 e. The maximum absolute atomic E-state index is 5.98. The number of aromatic nitrogens is 3. The number of hydrogen-bond donors (Lipinski definition) is 1. The third-order valence-corrected chi connectivity index (χ3v) is 3.56. The van der Waals surface area contributed by atoms with E-state index in [-0.39, 0.29) is 0 Å². The summed E-state index contributed by atoms with van der Waals surface area (Å²) in [5.74, 6) is 0. The average Bonchev–Trinajstić information content (AvgIpc) is 3.02. The summed E-state index contributed by atoms with van der Waals surface area (Å²) in [7, 11) is 0. The van der Waals surface area contributed by atoms with Crippen LogP contribution in [0.2, 0.25) is 5.02 Å². The summed E-state index contributed by atoms with van der Waals surface area (Å²) in [5, 5.41) is 1.90. The van der Waals surface area contributed by atoms with E-state index in [2.05, 4.69) is 38.8 Å². The van der Waals surface area contributed by atoms with Gasteiger partial charge in [0.05, 0.1) is 11.0 Å². The van der Waals surface area contributed by atoms with Crippen LogP contribution in [0.4, 0.5) is 0 Å². The van der Waals surface area contributed by atoms with E-state index in [9.17, 15) is 0 Å². The van der Waals surface area contributed by atoms with E-state index < -0.39 is 0 Å². The van der Waals surface area contributed by atoms with Crippen molar-refractivity contribution in [2.45, 2.75) is 0 Å². The molecule has 0 aliphatic heterocycles. The molecule has 0 aliphatic carbocycles. The Hall–Kier alpha value is -2.26. The van der Waals surface area contributed by atoms with E-state index in [1.807, 2.05) is 30.7 Å². The molecule has 2 aromatic carbocycles. The molecule has 0 saturated carbocycles. The Kier molecular flexibility index (Phi) is 2.17. The van der Waals surface area contributed by atoms with Gasteiger partial charge in [0.1, 0.15) is 6.33 Å². The molecule has 0 unspecified atom stereocenters. The number of nitrogens with zero attached hydrogens (tertiary/aromatic N) is 2. The summed E-state index contributed by atoms with van der Waals surface area (Å²) in [4.78, 5) is 7.59. The van der Waals surface area contributed by atoms with Crippen LogP contribution < -0.4 is 0 Å². The molecule has 4 heteroatoms. The molecular weight excluding hydrogens is 258 g/mol. The van der Waals surface area contributed by atoms with Crippen LogP contribution in [0, 0.1) is 0 Å². The zero-order valence-corrected chi connectivity index (χ0v) is 10.7. The number of halogens is 1. The molecular formula is C15H10ClN3. The van der Waals surface area contributed by atoms with E-state index in [1.54, 1.807) is 0 Å². The van der Waals surface area contributed by atoms with Crippen molar-refractivity contribution in [1.82, 2.24) is 14.5 Å². The first-order valence-electron chi connectivity index (χ1n) is 6.01. The Labute approximate surface area is 114 Å². The highest BCUT2D eigenvalue weighted by molar-refractivity contribution is 6.31. The molecule has 4 aromatic rings. The SMILES string of the molecule is Clc1ccc2c(c1)ncn2-c1ccc2[nH]ccc2c1. The zero-order valence-electron chi connectivity index (χ0n) is 9.97. The van der Waals surface area contributed by atoms with Gasteiger partial charge in [0.15, 0.2) is 0 Å². The van der Waals surface area contributed by atoms with Crippen molar-refractivity contribution in [2.75, 3.05) is 0 Å². The Balaban J connectivity index is 1.97. The summed E-state index contributed by atoms with van der Waals surface area (Å²) in [6.07, 6.45) is 3.77. The van der Waals surface area contributed by atoms with Gasteiger partial charge in [-0.05, 0) is 42.5 Å². The normalized spacial score (nSPS) is 11.4. The maximum Gasteiger partial charge on any atom is 0.100 e. The first kappa shape index (κ1) is 10.6. The van der Waals surface area contributed by atoms with Gasteiger partial charge in [-0.15, -0.1) is 0 Å². The highest BCUT2D eigenvalue weighted by Crippen LogP contribution is 2.23. The quantitative estimate of drug-likeness (QED) is 0.552. The number of H-pyrrole nitrogens is 1. The van der Waals surface area contributed by atoms with E-state index in [4.69, 9.17) is 11.6 Å². The monoisotopic (exact) mass is 267 g/mol. The maximum atomic E-state index is 5.98.